The summed E-state index contributed by atoms with van der Waals surface area (Å²) in [6, 6.07) is 24.0. The van der Waals surface area contributed by atoms with Crippen molar-refractivity contribution in [2.24, 2.45) is 4.99 Å². The van der Waals surface area contributed by atoms with Crippen molar-refractivity contribution in [1.82, 2.24) is 4.90 Å². The quantitative estimate of drug-likeness (QED) is 0.700. The molecule has 1 aliphatic rings. The van der Waals surface area contributed by atoms with Gasteiger partial charge < -0.3 is 4.90 Å². The van der Waals surface area contributed by atoms with E-state index < -0.39 is 0 Å². The van der Waals surface area contributed by atoms with Gasteiger partial charge in [-0.05, 0) is 34.7 Å². The monoisotopic (exact) mass is 314 g/mol. The highest BCUT2D eigenvalue weighted by atomic mass is 15.2. The van der Waals surface area contributed by atoms with E-state index in [1.807, 2.05) is 0 Å². The van der Waals surface area contributed by atoms with E-state index in [0.29, 0.717) is 0 Å². The summed E-state index contributed by atoms with van der Waals surface area (Å²) >= 11 is 0. The number of likely N-dealkylation sites (N-methyl/N-ethyl adjacent to an activating group) is 1. The molecular weight excluding hydrogens is 292 g/mol. The Balaban J connectivity index is 1.62. The molecule has 2 nitrogen and oxygen atoms in total. The molecule has 0 N–H and O–H groups in total. The van der Waals surface area contributed by atoms with Crippen LogP contribution in [0.3, 0.4) is 0 Å². The van der Waals surface area contributed by atoms with Crippen molar-refractivity contribution in [2.75, 3.05) is 20.1 Å². The summed E-state index contributed by atoms with van der Waals surface area (Å²) in [4.78, 5) is 6.96. The van der Waals surface area contributed by atoms with Crippen LogP contribution in [0.4, 0.5) is 0 Å². The molecule has 0 atom stereocenters. The Morgan fingerprint density at radius 3 is 2.42 bits per heavy atom. The Hall–Kier alpha value is -2.61. The van der Waals surface area contributed by atoms with Gasteiger partial charge in [-0.25, -0.2) is 0 Å². The van der Waals surface area contributed by atoms with Gasteiger partial charge in [0.05, 0.1) is 6.54 Å². The maximum Gasteiger partial charge on any atom is 0.131 e. The van der Waals surface area contributed by atoms with E-state index in [9.17, 15) is 0 Å². The zero-order chi connectivity index (χ0) is 16.4. The van der Waals surface area contributed by atoms with Crippen molar-refractivity contribution in [3.63, 3.8) is 0 Å². The predicted molar refractivity (Wildman–Crippen MR) is 102 cm³/mol. The third kappa shape index (κ3) is 2.80. The number of benzene rings is 3. The summed E-state index contributed by atoms with van der Waals surface area (Å²) in [5.41, 5.74) is 4.10. The molecule has 0 radical (unpaired) electrons. The molecule has 1 aliphatic heterocycles. The Morgan fingerprint density at radius 1 is 0.833 bits per heavy atom. The second-order valence-corrected chi connectivity index (χ2v) is 6.42. The molecule has 0 saturated heterocycles. The fraction of sp³-hybridized carbons (Fsp3) is 0.227. The van der Waals surface area contributed by atoms with Crippen molar-refractivity contribution in [2.45, 2.75) is 12.8 Å². The van der Waals surface area contributed by atoms with Crippen molar-refractivity contribution >= 4 is 16.6 Å². The smallest absolute Gasteiger partial charge is 0.131 e. The van der Waals surface area contributed by atoms with Crippen molar-refractivity contribution < 1.29 is 0 Å². The summed E-state index contributed by atoms with van der Waals surface area (Å²) < 4.78 is 0. The SMILES string of the molecule is CN1CCN=C1c1ccccc1CCc1cccc2ccccc12. The molecule has 0 spiro atoms. The summed E-state index contributed by atoms with van der Waals surface area (Å²) in [6.07, 6.45) is 2.09. The van der Waals surface area contributed by atoms with Gasteiger partial charge in [0.1, 0.15) is 5.84 Å². The lowest BCUT2D eigenvalue weighted by Gasteiger charge is -2.17. The van der Waals surface area contributed by atoms with Gasteiger partial charge in [0.15, 0.2) is 0 Å². The lowest BCUT2D eigenvalue weighted by Crippen LogP contribution is -2.24. The molecule has 0 unspecified atom stereocenters. The van der Waals surface area contributed by atoms with E-state index in [-0.39, 0.29) is 0 Å². The van der Waals surface area contributed by atoms with Crippen LogP contribution < -0.4 is 0 Å². The van der Waals surface area contributed by atoms with Gasteiger partial charge in [-0.15, -0.1) is 0 Å². The van der Waals surface area contributed by atoms with Crippen LogP contribution >= 0.6 is 0 Å². The Morgan fingerprint density at radius 2 is 1.54 bits per heavy atom. The van der Waals surface area contributed by atoms with Gasteiger partial charge >= 0.3 is 0 Å². The minimum Gasteiger partial charge on any atom is -0.358 e. The average Bonchev–Trinajstić information content (AvgIpc) is 3.06. The highest BCUT2D eigenvalue weighted by molar-refractivity contribution is 6.00. The van der Waals surface area contributed by atoms with Crippen LogP contribution in [0, 0.1) is 0 Å². The van der Waals surface area contributed by atoms with Gasteiger partial charge in [0.2, 0.25) is 0 Å². The number of aryl methyl sites for hydroxylation is 2. The number of nitrogens with zero attached hydrogens (tertiary/aromatic N) is 2. The molecule has 0 amide bonds. The third-order valence-electron chi connectivity index (χ3n) is 4.86. The first-order chi connectivity index (χ1) is 11.8. The lowest BCUT2D eigenvalue weighted by atomic mass is 9.96. The zero-order valence-electron chi connectivity index (χ0n) is 14.1. The molecule has 2 heteroatoms. The van der Waals surface area contributed by atoms with Gasteiger partial charge in [0, 0.05) is 19.2 Å². The second kappa shape index (κ2) is 6.48. The van der Waals surface area contributed by atoms with Gasteiger partial charge in [-0.2, -0.15) is 0 Å². The lowest BCUT2D eigenvalue weighted by molar-refractivity contribution is 0.556. The number of aliphatic imine (C=N–C) groups is 1. The first-order valence-corrected chi connectivity index (χ1v) is 8.63. The number of rotatable bonds is 4. The molecule has 120 valence electrons. The van der Waals surface area contributed by atoms with Crippen LogP contribution in [0.2, 0.25) is 0 Å². The van der Waals surface area contributed by atoms with E-state index in [1.54, 1.807) is 0 Å². The van der Waals surface area contributed by atoms with Gasteiger partial charge in [-0.1, -0.05) is 66.7 Å². The minimum absolute atomic E-state index is 0.906. The summed E-state index contributed by atoms with van der Waals surface area (Å²) in [7, 11) is 2.13. The minimum atomic E-state index is 0.906. The van der Waals surface area contributed by atoms with Crippen LogP contribution in [0.25, 0.3) is 10.8 Å². The van der Waals surface area contributed by atoms with Crippen molar-refractivity contribution in [3.05, 3.63) is 83.4 Å². The number of hydrogen-bond donors (Lipinski definition) is 0. The first-order valence-electron chi connectivity index (χ1n) is 8.63. The van der Waals surface area contributed by atoms with Crippen LogP contribution in [0.15, 0.2) is 71.7 Å². The Kier molecular flexibility index (Phi) is 4.04. The van der Waals surface area contributed by atoms with Gasteiger partial charge in [0.25, 0.3) is 0 Å². The van der Waals surface area contributed by atoms with Crippen LogP contribution in [0.1, 0.15) is 16.7 Å². The predicted octanol–water partition coefficient (Wildman–Crippen LogP) is 4.32. The maximum absolute atomic E-state index is 4.70. The molecule has 0 aromatic heterocycles. The summed E-state index contributed by atoms with van der Waals surface area (Å²) in [6.45, 7) is 1.93. The molecule has 0 aliphatic carbocycles. The number of fused-ring (bicyclic) bond motifs is 1. The Bertz CT molecular complexity index is 890. The number of amidine groups is 1. The van der Waals surface area contributed by atoms with E-state index in [0.717, 1.165) is 31.8 Å². The van der Waals surface area contributed by atoms with E-state index in [4.69, 9.17) is 4.99 Å². The van der Waals surface area contributed by atoms with Crippen LogP contribution in [-0.4, -0.2) is 30.9 Å². The number of hydrogen-bond acceptors (Lipinski definition) is 2. The van der Waals surface area contributed by atoms with Gasteiger partial charge in [-0.3, -0.25) is 4.99 Å². The maximum atomic E-state index is 4.70. The highest BCUT2D eigenvalue weighted by Crippen LogP contribution is 2.22. The summed E-state index contributed by atoms with van der Waals surface area (Å²) in [5, 5.41) is 2.69. The van der Waals surface area contributed by atoms with Crippen LogP contribution in [-0.2, 0) is 12.8 Å². The molecule has 0 bridgehead atoms. The average molecular weight is 314 g/mol. The van der Waals surface area contributed by atoms with Crippen molar-refractivity contribution in [3.8, 4) is 0 Å². The molecule has 1 heterocycles. The zero-order valence-corrected chi connectivity index (χ0v) is 14.1. The molecule has 4 rings (SSSR count). The largest absolute Gasteiger partial charge is 0.358 e. The first kappa shape index (κ1) is 14.9. The van der Waals surface area contributed by atoms with Crippen LogP contribution in [0.5, 0.6) is 0 Å². The van der Waals surface area contributed by atoms with E-state index in [1.165, 1.54) is 27.5 Å². The fourth-order valence-corrected chi connectivity index (χ4v) is 3.56. The molecular formula is C22H22N2. The summed E-state index contributed by atoms with van der Waals surface area (Å²) in [5.74, 6) is 1.14. The molecule has 3 aromatic rings. The second-order valence-electron chi connectivity index (χ2n) is 6.42. The highest BCUT2D eigenvalue weighted by Gasteiger charge is 2.17. The molecule has 3 aromatic carbocycles. The fourth-order valence-electron chi connectivity index (χ4n) is 3.56. The normalized spacial score (nSPS) is 14.2. The molecule has 0 fully saturated rings. The molecule has 24 heavy (non-hydrogen) atoms. The van der Waals surface area contributed by atoms with E-state index >= 15 is 0 Å². The standard InChI is InChI=1S/C22H22N2/c1-24-16-15-23-22(24)21-12-5-3-8-19(21)14-13-18-10-6-9-17-7-2-4-11-20(17)18/h2-12H,13-16H2,1H3. The Labute approximate surface area is 143 Å². The topological polar surface area (TPSA) is 15.6 Å². The molecule has 0 saturated carbocycles. The third-order valence-corrected chi connectivity index (χ3v) is 4.86. The van der Waals surface area contributed by atoms with Crippen molar-refractivity contribution in [1.29, 1.82) is 0 Å². The van der Waals surface area contributed by atoms with E-state index in [2.05, 4.69) is 78.7 Å².